The van der Waals surface area contributed by atoms with Gasteiger partial charge in [0.15, 0.2) is 0 Å². The lowest BCUT2D eigenvalue weighted by atomic mass is 9.69. The number of fused-ring (bicyclic) bond motifs is 5. The second-order valence-electron chi connectivity index (χ2n) is 12.3. The topological polar surface area (TPSA) is 92.5 Å². The molecule has 1 amide bonds. The van der Waals surface area contributed by atoms with Gasteiger partial charge in [-0.25, -0.2) is 0 Å². The monoisotopic (exact) mass is 551 g/mol. The van der Waals surface area contributed by atoms with Gasteiger partial charge in [-0.15, -0.1) is 0 Å². The van der Waals surface area contributed by atoms with Crippen LogP contribution in [0.5, 0.6) is 0 Å². The van der Waals surface area contributed by atoms with Gasteiger partial charge in [0.1, 0.15) is 11.5 Å². The van der Waals surface area contributed by atoms with E-state index in [1.165, 1.54) is 5.56 Å². The molecule has 3 heterocycles. The van der Waals surface area contributed by atoms with Gasteiger partial charge in [0.25, 0.3) is 0 Å². The number of ketones is 2. The number of pyridine rings is 1. The number of carbonyl (C=O) groups is 3. The Morgan fingerprint density at radius 2 is 1.93 bits per heavy atom. The van der Waals surface area contributed by atoms with Gasteiger partial charge in [-0.2, -0.15) is 0 Å². The molecule has 2 aromatic heterocycles. The molecule has 0 bridgehead atoms. The first-order valence-corrected chi connectivity index (χ1v) is 14.7. The molecule has 1 fully saturated rings. The number of nitrogens with one attached hydrogen (secondary N) is 1. The summed E-state index contributed by atoms with van der Waals surface area (Å²) in [7, 11) is 0. The van der Waals surface area contributed by atoms with E-state index in [1.54, 1.807) is 24.5 Å². The fraction of sp³-hybridized carbons (Fsp3) is 0.412. The molecule has 1 aliphatic heterocycles. The van der Waals surface area contributed by atoms with Crippen molar-refractivity contribution in [2.24, 2.45) is 5.92 Å². The normalized spacial score (nSPS) is 18.7. The number of carbonyl (C=O) groups excluding carboxylic acids is 3. The summed E-state index contributed by atoms with van der Waals surface area (Å²) in [5.41, 5.74) is 5.63. The van der Waals surface area contributed by atoms with Crippen LogP contribution in [0.3, 0.4) is 0 Å². The lowest BCUT2D eigenvalue weighted by Crippen LogP contribution is -2.38. The number of amides is 1. The summed E-state index contributed by atoms with van der Waals surface area (Å²) in [5.74, 6) is 0.792. The van der Waals surface area contributed by atoms with Crippen molar-refractivity contribution in [3.05, 3.63) is 81.9 Å². The molecule has 7 nitrogen and oxygen atoms in total. The van der Waals surface area contributed by atoms with Gasteiger partial charge in [-0.1, -0.05) is 32.0 Å². The van der Waals surface area contributed by atoms with Crippen molar-refractivity contribution in [1.82, 2.24) is 15.2 Å². The van der Waals surface area contributed by atoms with E-state index in [1.807, 2.05) is 25.1 Å². The van der Waals surface area contributed by atoms with Crippen molar-refractivity contribution in [3.63, 3.8) is 0 Å². The Labute approximate surface area is 241 Å². The molecule has 0 radical (unpaired) electrons. The number of hydrogen-bond acceptors (Lipinski definition) is 6. The molecule has 41 heavy (non-hydrogen) atoms. The largest absolute Gasteiger partial charge is 0.459 e. The zero-order valence-corrected chi connectivity index (χ0v) is 24.1. The van der Waals surface area contributed by atoms with E-state index >= 15 is 0 Å². The first kappa shape index (κ1) is 27.3. The smallest absolute Gasteiger partial charge is 0.244 e. The minimum absolute atomic E-state index is 0.0119. The van der Waals surface area contributed by atoms with E-state index in [4.69, 9.17) is 4.42 Å². The van der Waals surface area contributed by atoms with Crippen LogP contribution in [0.15, 0.2) is 47.2 Å². The summed E-state index contributed by atoms with van der Waals surface area (Å²) < 4.78 is 6.41. The van der Waals surface area contributed by atoms with Gasteiger partial charge < -0.3 is 9.73 Å². The van der Waals surface area contributed by atoms with Crippen LogP contribution in [-0.4, -0.2) is 47.0 Å². The maximum Gasteiger partial charge on any atom is 0.244 e. The van der Waals surface area contributed by atoms with Crippen LogP contribution in [0.2, 0.25) is 0 Å². The van der Waals surface area contributed by atoms with Crippen LogP contribution in [0.25, 0.3) is 17.4 Å². The predicted molar refractivity (Wildman–Crippen MR) is 158 cm³/mol. The van der Waals surface area contributed by atoms with Gasteiger partial charge in [-0.3, -0.25) is 24.3 Å². The standard InChI is InChI=1S/C34H37N3O4/c1-21-27(20-37-16-12-23(13-17-37)19-36-28(38)11-8-22-6-5-15-35-18-22)41-33-25-9-10-26-24(7-4-14-34(26,2)3)30(25)32(40)31(39)29(21)33/h5-6,8-11,15,18,23H,4,7,12-14,16-17,19-20H2,1-3H3,(H,36,38)/b11-8+. The minimum atomic E-state index is -0.441. The average Bonchev–Trinajstić information content (AvgIpc) is 3.30. The molecule has 1 saturated heterocycles. The van der Waals surface area contributed by atoms with Crippen molar-refractivity contribution in [1.29, 1.82) is 0 Å². The summed E-state index contributed by atoms with van der Waals surface area (Å²) in [6, 6.07) is 7.87. The summed E-state index contributed by atoms with van der Waals surface area (Å²) in [5, 5.41) is 3.02. The fourth-order valence-corrected chi connectivity index (χ4v) is 6.74. The summed E-state index contributed by atoms with van der Waals surface area (Å²) >= 11 is 0. The maximum atomic E-state index is 13.4. The minimum Gasteiger partial charge on any atom is -0.459 e. The average molecular weight is 552 g/mol. The van der Waals surface area contributed by atoms with Crippen LogP contribution in [0.4, 0.5) is 0 Å². The molecule has 7 heteroatoms. The molecular formula is C34H37N3O4. The summed E-state index contributed by atoms with van der Waals surface area (Å²) in [4.78, 5) is 45.5. The third-order valence-corrected chi connectivity index (χ3v) is 9.17. The zero-order chi connectivity index (χ0) is 28.7. The Morgan fingerprint density at radius 3 is 2.68 bits per heavy atom. The Morgan fingerprint density at radius 1 is 1.15 bits per heavy atom. The Kier molecular flexibility index (Phi) is 7.24. The Balaban J connectivity index is 1.12. The van der Waals surface area contributed by atoms with Gasteiger partial charge in [0, 0.05) is 41.7 Å². The molecule has 0 unspecified atom stereocenters. The van der Waals surface area contributed by atoms with E-state index in [0.29, 0.717) is 35.9 Å². The highest BCUT2D eigenvalue weighted by atomic mass is 16.3. The number of piperidine rings is 1. The van der Waals surface area contributed by atoms with Crippen LogP contribution >= 0.6 is 0 Å². The van der Waals surface area contributed by atoms with Crippen LogP contribution in [-0.2, 0) is 23.2 Å². The Hall–Kier alpha value is -3.84. The molecule has 212 valence electrons. The van der Waals surface area contributed by atoms with E-state index in [9.17, 15) is 14.4 Å². The molecule has 0 spiro atoms. The SMILES string of the molecule is Cc1c(CN2CCC(CNC(=O)/C=C/c3cccnc3)CC2)oc2c1C(=O)C(=O)c1c-2ccc2c1CCCC2(C)C. The summed E-state index contributed by atoms with van der Waals surface area (Å²) in [6.45, 7) is 9.33. The number of likely N-dealkylation sites (tertiary alicyclic amines) is 1. The molecule has 1 N–H and O–H groups in total. The van der Waals surface area contributed by atoms with E-state index < -0.39 is 11.6 Å². The van der Waals surface area contributed by atoms with Crippen molar-refractivity contribution in [2.45, 2.75) is 64.8 Å². The number of Topliss-reactive ketones (excluding diaryl/α,β-unsaturated/α-hetero) is 2. The van der Waals surface area contributed by atoms with Gasteiger partial charge >= 0.3 is 0 Å². The second kappa shape index (κ2) is 10.9. The number of hydrogen-bond donors (Lipinski definition) is 1. The van der Waals surface area contributed by atoms with Crippen LogP contribution in [0, 0.1) is 12.8 Å². The highest BCUT2D eigenvalue weighted by Crippen LogP contribution is 2.45. The van der Waals surface area contributed by atoms with Gasteiger partial charge in [-0.05, 0) is 92.3 Å². The first-order chi connectivity index (χ1) is 19.7. The Bertz CT molecular complexity index is 1540. The third kappa shape index (κ3) is 5.19. The lowest BCUT2D eigenvalue weighted by Gasteiger charge is -2.34. The number of furan rings is 1. The predicted octanol–water partition coefficient (Wildman–Crippen LogP) is 5.68. The van der Waals surface area contributed by atoms with Crippen molar-refractivity contribution in [3.8, 4) is 11.3 Å². The molecule has 0 atom stereocenters. The molecule has 3 aliphatic rings. The fourth-order valence-electron chi connectivity index (χ4n) is 6.74. The van der Waals surface area contributed by atoms with Crippen molar-refractivity contribution in [2.75, 3.05) is 19.6 Å². The van der Waals surface area contributed by atoms with Gasteiger partial charge in [0.2, 0.25) is 17.5 Å². The molecule has 1 aromatic carbocycles. The van der Waals surface area contributed by atoms with Crippen molar-refractivity contribution < 1.29 is 18.8 Å². The van der Waals surface area contributed by atoms with Crippen molar-refractivity contribution >= 4 is 23.5 Å². The molecule has 6 rings (SSSR count). The molecule has 2 aliphatic carbocycles. The van der Waals surface area contributed by atoms with E-state index in [0.717, 1.165) is 73.2 Å². The second-order valence-corrected chi connectivity index (χ2v) is 12.3. The highest BCUT2D eigenvalue weighted by molar-refractivity contribution is 6.53. The van der Waals surface area contributed by atoms with E-state index in [-0.39, 0.29) is 11.3 Å². The highest BCUT2D eigenvalue weighted by Gasteiger charge is 2.40. The quantitative estimate of drug-likeness (QED) is 0.313. The van der Waals surface area contributed by atoms with E-state index in [2.05, 4.69) is 35.1 Å². The number of aromatic nitrogens is 1. The van der Waals surface area contributed by atoms with Crippen LogP contribution < -0.4 is 5.32 Å². The third-order valence-electron chi connectivity index (χ3n) is 9.17. The molecular weight excluding hydrogens is 514 g/mol. The number of benzene rings is 1. The number of nitrogens with zero attached hydrogens (tertiary/aromatic N) is 2. The zero-order valence-electron chi connectivity index (χ0n) is 24.1. The molecule has 3 aromatic rings. The first-order valence-electron chi connectivity index (χ1n) is 14.7. The van der Waals surface area contributed by atoms with Crippen LogP contribution in [0.1, 0.15) is 88.3 Å². The maximum absolute atomic E-state index is 13.4. The number of rotatable bonds is 6. The van der Waals surface area contributed by atoms with Gasteiger partial charge in [0.05, 0.1) is 12.1 Å². The summed E-state index contributed by atoms with van der Waals surface area (Å²) in [6.07, 6.45) is 11.6. The molecule has 0 saturated carbocycles. The lowest BCUT2D eigenvalue weighted by molar-refractivity contribution is -0.116.